The highest BCUT2D eigenvalue weighted by Crippen LogP contribution is 2.27. The normalized spacial score (nSPS) is 13.2. The van der Waals surface area contributed by atoms with Crippen LogP contribution in [0.15, 0.2) is 12.4 Å². The van der Waals surface area contributed by atoms with Crippen LogP contribution in [0, 0.1) is 0 Å². The lowest BCUT2D eigenvalue weighted by Gasteiger charge is -2.17. The lowest BCUT2D eigenvalue weighted by atomic mass is 9.92. The molecule has 2 nitrogen and oxygen atoms in total. The van der Waals surface area contributed by atoms with Crippen molar-refractivity contribution in [3.05, 3.63) is 18.2 Å². The van der Waals surface area contributed by atoms with E-state index >= 15 is 0 Å². The van der Waals surface area contributed by atoms with E-state index < -0.39 is 0 Å². The third-order valence-corrected chi connectivity index (χ3v) is 9.39. The predicted molar refractivity (Wildman–Crippen MR) is 179 cm³/mol. The lowest BCUT2D eigenvalue weighted by molar-refractivity contribution is -0.727. The first kappa shape index (κ1) is 37.2. The first-order valence-corrected chi connectivity index (χ1v) is 18.8. The summed E-state index contributed by atoms with van der Waals surface area (Å²) >= 11 is 0. The van der Waals surface area contributed by atoms with Crippen molar-refractivity contribution in [2.24, 2.45) is 0 Å². The SMILES string of the molecule is CCCCCCCCCCCCCCC(CCCCCCCCC)c1[nH]cc[n+]1C(C)CCCCCCCCC. The third kappa shape index (κ3) is 20.1. The summed E-state index contributed by atoms with van der Waals surface area (Å²) in [6.07, 6.45) is 45.7. The van der Waals surface area contributed by atoms with Gasteiger partial charge in [0.25, 0.3) is 5.82 Å². The summed E-state index contributed by atoms with van der Waals surface area (Å²) in [5, 5.41) is 0. The number of unbranched alkanes of at least 4 members (excludes halogenated alkanes) is 23. The van der Waals surface area contributed by atoms with Gasteiger partial charge in [-0.2, -0.15) is 0 Å². The first-order chi connectivity index (χ1) is 19.7. The van der Waals surface area contributed by atoms with E-state index in [1.54, 1.807) is 0 Å². The fourth-order valence-electron chi connectivity index (χ4n) is 6.60. The van der Waals surface area contributed by atoms with Crippen LogP contribution in [0.25, 0.3) is 0 Å². The smallest absolute Gasteiger partial charge is 0.247 e. The molecule has 0 amide bonds. The fourth-order valence-corrected chi connectivity index (χ4v) is 6.60. The van der Waals surface area contributed by atoms with Gasteiger partial charge in [0.15, 0.2) is 0 Å². The summed E-state index contributed by atoms with van der Waals surface area (Å²) in [5.41, 5.74) is 0. The summed E-state index contributed by atoms with van der Waals surface area (Å²) in [6.45, 7) is 9.40. The van der Waals surface area contributed by atoms with Gasteiger partial charge < -0.3 is 0 Å². The predicted octanol–water partition coefficient (Wildman–Crippen LogP) is 13.3. The Hall–Kier alpha value is -0.790. The molecule has 2 unspecified atom stereocenters. The van der Waals surface area contributed by atoms with Crippen LogP contribution in [0.2, 0.25) is 0 Å². The van der Waals surface area contributed by atoms with Crippen LogP contribution in [0.5, 0.6) is 0 Å². The highest BCUT2D eigenvalue weighted by Gasteiger charge is 2.25. The molecule has 1 heterocycles. The summed E-state index contributed by atoms with van der Waals surface area (Å²) in [5.74, 6) is 2.25. The van der Waals surface area contributed by atoms with Crippen molar-refractivity contribution < 1.29 is 4.57 Å². The summed E-state index contributed by atoms with van der Waals surface area (Å²) < 4.78 is 2.63. The quantitative estimate of drug-likeness (QED) is 0.0689. The van der Waals surface area contributed by atoms with Crippen molar-refractivity contribution >= 4 is 0 Å². The van der Waals surface area contributed by atoms with Crippen molar-refractivity contribution in [1.29, 1.82) is 0 Å². The van der Waals surface area contributed by atoms with E-state index in [-0.39, 0.29) is 0 Å². The number of nitrogens with zero attached hydrogens (tertiary/aromatic N) is 1. The molecule has 40 heavy (non-hydrogen) atoms. The van der Waals surface area contributed by atoms with Gasteiger partial charge in [-0.25, -0.2) is 9.55 Å². The van der Waals surface area contributed by atoms with Crippen molar-refractivity contribution in [2.75, 3.05) is 0 Å². The second kappa shape index (κ2) is 28.3. The van der Waals surface area contributed by atoms with Crippen LogP contribution in [0.3, 0.4) is 0 Å². The highest BCUT2D eigenvalue weighted by molar-refractivity contribution is 4.90. The molecule has 1 rings (SSSR count). The van der Waals surface area contributed by atoms with Crippen molar-refractivity contribution in [3.8, 4) is 0 Å². The molecule has 0 aliphatic heterocycles. The molecule has 0 saturated carbocycles. The lowest BCUT2D eigenvalue weighted by Crippen LogP contribution is -2.41. The maximum absolute atomic E-state index is 3.74. The minimum Gasteiger partial charge on any atom is -0.247 e. The van der Waals surface area contributed by atoms with E-state index in [9.17, 15) is 0 Å². The molecule has 236 valence electrons. The van der Waals surface area contributed by atoms with Gasteiger partial charge in [-0.05, 0) is 32.6 Å². The zero-order valence-corrected chi connectivity index (χ0v) is 28.3. The Balaban J connectivity index is 2.42. The Kier molecular flexibility index (Phi) is 26.4. The Morgan fingerprint density at radius 1 is 0.475 bits per heavy atom. The van der Waals surface area contributed by atoms with Gasteiger partial charge in [0, 0.05) is 0 Å². The Bertz CT molecular complexity index is 621. The summed E-state index contributed by atoms with van der Waals surface area (Å²) in [7, 11) is 0. The average Bonchev–Trinajstić information content (AvgIpc) is 3.45. The second-order valence-electron chi connectivity index (χ2n) is 13.3. The molecule has 0 bridgehead atoms. The van der Waals surface area contributed by atoms with E-state index in [1.807, 2.05) is 0 Å². The number of imidazole rings is 1. The third-order valence-electron chi connectivity index (χ3n) is 9.39. The van der Waals surface area contributed by atoms with Gasteiger partial charge in [0.05, 0.1) is 12.0 Å². The summed E-state index contributed by atoms with van der Waals surface area (Å²) in [6, 6.07) is 0.621. The molecule has 1 aromatic heterocycles. The largest absolute Gasteiger partial charge is 0.257 e. The standard InChI is InChI=1S/C38H74N2/c1-5-8-11-14-17-18-19-20-21-24-27-30-33-37(32-29-26-23-16-13-10-7-3)38-39-34-35-40(38)36(4)31-28-25-22-15-12-9-6-2/h34-37H,5-33H2,1-4H3/p+1. The van der Waals surface area contributed by atoms with Gasteiger partial charge in [-0.3, -0.25) is 0 Å². The molecule has 0 radical (unpaired) electrons. The van der Waals surface area contributed by atoms with E-state index in [0.29, 0.717) is 12.0 Å². The molecule has 0 spiro atoms. The number of aromatic amines is 1. The van der Waals surface area contributed by atoms with Gasteiger partial charge >= 0.3 is 0 Å². The molecule has 0 saturated heterocycles. The Morgan fingerprint density at radius 3 is 1.18 bits per heavy atom. The number of hydrogen-bond acceptors (Lipinski definition) is 0. The molecular weight excluding hydrogens is 484 g/mol. The minimum absolute atomic E-state index is 0.621. The van der Waals surface area contributed by atoms with Crippen LogP contribution >= 0.6 is 0 Å². The average molecular weight is 560 g/mol. The molecule has 0 aromatic carbocycles. The number of nitrogens with one attached hydrogen (secondary N) is 1. The van der Waals surface area contributed by atoms with E-state index in [2.05, 4.69) is 49.6 Å². The number of H-pyrrole nitrogens is 1. The zero-order chi connectivity index (χ0) is 28.9. The fraction of sp³-hybridized carbons (Fsp3) is 0.921. The van der Waals surface area contributed by atoms with Crippen LogP contribution in [-0.4, -0.2) is 4.98 Å². The van der Waals surface area contributed by atoms with E-state index in [4.69, 9.17) is 0 Å². The van der Waals surface area contributed by atoms with Gasteiger partial charge in [0.2, 0.25) is 0 Å². The van der Waals surface area contributed by atoms with Crippen LogP contribution < -0.4 is 4.57 Å². The Morgan fingerprint density at radius 2 is 0.800 bits per heavy atom. The number of rotatable bonds is 31. The number of hydrogen-bond donors (Lipinski definition) is 1. The van der Waals surface area contributed by atoms with Crippen molar-refractivity contribution in [1.82, 2.24) is 4.98 Å². The molecule has 0 fully saturated rings. The molecule has 1 N–H and O–H groups in total. The molecular formula is C38H75N2+. The van der Waals surface area contributed by atoms with E-state index in [0.717, 1.165) is 0 Å². The minimum atomic E-state index is 0.621. The number of aromatic nitrogens is 2. The highest BCUT2D eigenvalue weighted by atomic mass is 15.1. The maximum Gasteiger partial charge on any atom is 0.257 e. The van der Waals surface area contributed by atoms with E-state index in [1.165, 1.54) is 192 Å². The van der Waals surface area contributed by atoms with Gasteiger partial charge in [-0.15, -0.1) is 0 Å². The van der Waals surface area contributed by atoms with Gasteiger partial charge in [0.1, 0.15) is 12.4 Å². The van der Waals surface area contributed by atoms with Crippen molar-refractivity contribution in [2.45, 2.75) is 226 Å². The second-order valence-corrected chi connectivity index (χ2v) is 13.3. The van der Waals surface area contributed by atoms with Crippen molar-refractivity contribution in [3.63, 3.8) is 0 Å². The summed E-state index contributed by atoms with van der Waals surface area (Å²) in [4.78, 5) is 3.74. The molecule has 2 heteroatoms. The first-order valence-electron chi connectivity index (χ1n) is 18.8. The monoisotopic (exact) mass is 560 g/mol. The Labute approximate surface area is 253 Å². The molecule has 1 aromatic rings. The zero-order valence-electron chi connectivity index (χ0n) is 28.3. The molecule has 0 aliphatic carbocycles. The van der Waals surface area contributed by atoms with Gasteiger partial charge in [-0.1, -0.05) is 181 Å². The topological polar surface area (TPSA) is 19.7 Å². The van der Waals surface area contributed by atoms with Crippen LogP contribution in [0.1, 0.15) is 232 Å². The molecule has 0 aliphatic rings. The van der Waals surface area contributed by atoms with Crippen LogP contribution in [0.4, 0.5) is 0 Å². The van der Waals surface area contributed by atoms with Crippen LogP contribution in [-0.2, 0) is 0 Å². The maximum atomic E-state index is 3.74. The molecule has 2 atom stereocenters.